The summed E-state index contributed by atoms with van der Waals surface area (Å²) in [4.78, 5) is 20.3. The van der Waals surface area contributed by atoms with E-state index in [1.165, 1.54) is 4.90 Å². The zero-order valence-corrected chi connectivity index (χ0v) is 21.3. The van der Waals surface area contributed by atoms with E-state index < -0.39 is 0 Å². The van der Waals surface area contributed by atoms with E-state index in [1.807, 2.05) is 25.1 Å². The molecule has 1 aromatic rings. The molecular formula is C21H36IN5O4. The van der Waals surface area contributed by atoms with Crippen molar-refractivity contribution < 1.29 is 19.0 Å². The molecule has 0 bridgehead atoms. The van der Waals surface area contributed by atoms with Crippen LogP contribution in [0.1, 0.15) is 13.3 Å². The highest BCUT2D eigenvalue weighted by Crippen LogP contribution is 2.30. The number of halogens is 1. The predicted octanol–water partition coefficient (Wildman–Crippen LogP) is 1.88. The fourth-order valence-corrected chi connectivity index (χ4v) is 2.92. The fourth-order valence-electron chi connectivity index (χ4n) is 2.92. The lowest BCUT2D eigenvalue weighted by Gasteiger charge is -2.26. The van der Waals surface area contributed by atoms with E-state index in [-0.39, 0.29) is 36.4 Å². The summed E-state index contributed by atoms with van der Waals surface area (Å²) in [5.74, 6) is 1.82. The van der Waals surface area contributed by atoms with Crippen LogP contribution in [0.4, 0.5) is 5.69 Å². The second-order valence-corrected chi connectivity index (χ2v) is 7.11. The van der Waals surface area contributed by atoms with E-state index in [2.05, 4.69) is 20.5 Å². The van der Waals surface area contributed by atoms with Crippen LogP contribution in [0.15, 0.2) is 23.2 Å². The smallest absolute Gasteiger partial charge is 0.243 e. The standard InChI is InChI=1S/C21H35N5O4.HI/c1-5-30-18-8-7-17(15-19(18)28-4)24-21(23-16-20(27)25(2)3)22-9-6-10-26-11-13-29-14-12-26;/h7-8,15H,5-6,9-14,16H2,1-4H3,(H2,22,23,24);1H. The minimum Gasteiger partial charge on any atom is -0.493 e. The largest absolute Gasteiger partial charge is 0.493 e. The van der Waals surface area contributed by atoms with E-state index in [0.29, 0.717) is 24.1 Å². The molecule has 176 valence electrons. The lowest BCUT2D eigenvalue weighted by Crippen LogP contribution is -2.39. The van der Waals surface area contributed by atoms with Crippen LogP contribution < -0.4 is 20.1 Å². The van der Waals surface area contributed by atoms with Gasteiger partial charge in [-0.25, -0.2) is 4.99 Å². The topological polar surface area (TPSA) is 87.7 Å². The van der Waals surface area contributed by atoms with E-state index in [1.54, 1.807) is 21.2 Å². The Labute approximate surface area is 202 Å². The Balaban J connectivity index is 0.00000480. The number of anilines is 1. The summed E-state index contributed by atoms with van der Waals surface area (Å²) in [5.41, 5.74) is 0.798. The van der Waals surface area contributed by atoms with Crippen LogP contribution in [0.25, 0.3) is 0 Å². The number of ether oxygens (including phenoxy) is 3. The van der Waals surface area contributed by atoms with Crippen molar-refractivity contribution in [2.75, 3.05) is 79.1 Å². The van der Waals surface area contributed by atoms with Crippen LogP contribution in [0.5, 0.6) is 11.5 Å². The molecule has 1 amide bonds. The van der Waals surface area contributed by atoms with Crippen molar-refractivity contribution in [2.45, 2.75) is 13.3 Å². The first-order chi connectivity index (χ1) is 14.5. The number of carbonyl (C=O) groups is 1. The highest BCUT2D eigenvalue weighted by molar-refractivity contribution is 14.0. The predicted molar refractivity (Wildman–Crippen MR) is 134 cm³/mol. The number of carbonyl (C=O) groups excluding carboxylic acids is 1. The van der Waals surface area contributed by atoms with Crippen molar-refractivity contribution in [3.8, 4) is 11.5 Å². The molecular weight excluding hydrogens is 513 g/mol. The Morgan fingerprint density at radius 1 is 1.26 bits per heavy atom. The first-order valence-corrected chi connectivity index (χ1v) is 10.4. The number of methoxy groups -OCH3 is 1. The number of guanidine groups is 1. The summed E-state index contributed by atoms with van der Waals surface area (Å²) in [5, 5.41) is 6.57. The number of hydrogen-bond donors (Lipinski definition) is 2. The number of rotatable bonds is 10. The fraction of sp³-hybridized carbons (Fsp3) is 0.619. The third-order valence-electron chi connectivity index (χ3n) is 4.64. The average Bonchev–Trinajstić information content (AvgIpc) is 2.76. The van der Waals surface area contributed by atoms with Crippen molar-refractivity contribution in [3.05, 3.63) is 18.2 Å². The van der Waals surface area contributed by atoms with Gasteiger partial charge in [0, 0.05) is 45.5 Å². The normalized spacial score (nSPS) is 14.4. The maximum atomic E-state index is 12.0. The number of nitrogens with zero attached hydrogens (tertiary/aromatic N) is 3. The van der Waals surface area contributed by atoms with Crippen LogP contribution >= 0.6 is 24.0 Å². The summed E-state index contributed by atoms with van der Waals surface area (Å²) in [7, 11) is 5.05. The molecule has 1 heterocycles. The van der Waals surface area contributed by atoms with Crippen LogP contribution in [0.2, 0.25) is 0 Å². The van der Waals surface area contributed by atoms with E-state index in [9.17, 15) is 4.79 Å². The minimum absolute atomic E-state index is 0. The van der Waals surface area contributed by atoms with Gasteiger partial charge in [-0.05, 0) is 32.0 Å². The molecule has 1 saturated heterocycles. The molecule has 1 aliphatic rings. The Morgan fingerprint density at radius 3 is 2.65 bits per heavy atom. The van der Waals surface area contributed by atoms with Gasteiger partial charge in [-0.2, -0.15) is 0 Å². The van der Waals surface area contributed by atoms with Gasteiger partial charge in [-0.15, -0.1) is 24.0 Å². The molecule has 1 aliphatic heterocycles. The number of likely N-dealkylation sites (N-methyl/N-ethyl adjacent to an activating group) is 1. The van der Waals surface area contributed by atoms with Gasteiger partial charge in [0.15, 0.2) is 17.5 Å². The van der Waals surface area contributed by atoms with Crippen molar-refractivity contribution in [1.29, 1.82) is 0 Å². The Morgan fingerprint density at radius 2 is 2.00 bits per heavy atom. The highest BCUT2D eigenvalue weighted by Gasteiger charge is 2.11. The minimum atomic E-state index is -0.0614. The maximum Gasteiger partial charge on any atom is 0.243 e. The molecule has 1 fully saturated rings. The van der Waals surface area contributed by atoms with Gasteiger partial charge in [-0.3, -0.25) is 9.69 Å². The summed E-state index contributed by atoms with van der Waals surface area (Å²) in [6.45, 7) is 7.85. The van der Waals surface area contributed by atoms with Gasteiger partial charge in [0.2, 0.25) is 5.91 Å². The lowest BCUT2D eigenvalue weighted by atomic mass is 10.2. The number of hydrogen-bond acceptors (Lipinski definition) is 6. The van der Waals surface area contributed by atoms with Crippen LogP contribution in [0, 0.1) is 0 Å². The van der Waals surface area contributed by atoms with Crippen molar-refractivity contribution in [2.24, 2.45) is 4.99 Å². The average molecular weight is 549 g/mol. The zero-order chi connectivity index (χ0) is 21.8. The molecule has 1 aromatic carbocycles. The van der Waals surface area contributed by atoms with Gasteiger partial charge in [-0.1, -0.05) is 0 Å². The molecule has 0 aromatic heterocycles. The summed E-state index contributed by atoms with van der Waals surface area (Å²) in [6.07, 6.45) is 0.967. The third kappa shape index (κ3) is 9.92. The number of benzene rings is 1. The molecule has 9 nitrogen and oxygen atoms in total. The molecule has 31 heavy (non-hydrogen) atoms. The highest BCUT2D eigenvalue weighted by atomic mass is 127. The molecule has 0 saturated carbocycles. The monoisotopic (exact) mass is 549 g/mol. The molecule has 0 aliphatic carbocycles. The number of aliphatic imine (C=N–C) groups is 1. The van der Waals surface area contributed by atoms with Crippen molar-refractivity contribution in [3.63, 3.8) is 0 Å². The Bertz CT molecular complexity index is 696. The Kier molecular flexibility index (Phi) is 13.3. The van der Waals surface area contributed by atoms with Gasteiger partial charge in [0.1, 0.15) is 6.54 Å². The second-order valence-electron chi connectivity index (χ2n) is 7.11. The van der Waals surface area contributed by atoms with Crippen molar-refractivity contribution in [1.82, 2.24) is 15.1 Å². The lowest BCUT2D eigenvalue weighted by molar-refractivity contribution is -0.127. The van der Waals surface area contributed by atoms with Gasteiger partial charge >= 0.3 is 0 Å². The molecule has 10 heteroatoms. The Hall–Kier alpha value is -1.79. The number of morpholine rings is 1. The van der Waals surface area contributed by atoms with E-state index in [0.717, 1.165) is 51.5 Å². The number of nitrogens with one attached hydrogen (secondary N) is 2. The van der Waals surface area contributed by atoms with Crippen LogP contribution in [-0.2, 0) is 9.53 Å². The molecule has 0 radical (unpaired) electrons. The summed E-state index contributed by atoms with van der Waals surface area (Å²) >= 11 is 0. The maximum absolute atomic E-state index is 12.0. The molecule has 0 spiro atoms. The van der Waals surface area contributed by atoms with Gasteiger partial charge in [0.25, 0.3) is 0 Å². The first kappa shape index (κ1) is 27.2. The summed E-state index contributed by atoms with van der Waals surface area (Å²) in [6, 6.07) is 5.60. The summed E-state index contributed by atoms with van der Waals surface area (Å²) < 4.78 is 16.4. The van der Waals surface area contributed by atoms with Gasteiger partial charge in [0.05, 0.1) is 26.9 Å². The molecule has 0 atom stereocenters. The van der Waals surface area contributed by atoms with E-state index >= 15 is 0 Å². The molecule has 2 rings (SSSR count). The quantitative estimate of drug-likeness (QED) is 0.200. The van der Waals surface area contributed by atoms with Gasteiger partial charge < -0.3 is 29.7 Å². The third-order valence-corrected chi connectivity index (χ3v) is 4.64. The molecule has 2 N–H and O–H groups in total. The van der Waals surface area contributed by atoms with Crippen LogP contribution in [-0.4, -0.2) is 95.4 Å². The molecule has 0 unspecified atom stereocenters. The SMILES string of the molecule is CCOc1ccc(NC(=NCC(=O)N(C)C)NCCCN2CCOCC2)cc1OC.I. The van der Waals surface area contributed by atoms with Crippen molar-refractivity contribution >= 4 is 41.5 Å². The number of amides is 1. The zero-order valence-electron chi connectivity index (χ0n) is 19.0. The van der Waals surface area contributed by atoms with Crippen LogP contribution in [0.3, 0.4) is 0 Å². The second kappa shape index (κ2) is 15.1. The van der Waals surface area contributed by atoms with E-state index in [4.69, 9.17) is 14.2 Å². The first-order valence-electron chi connectivity index (χ1n) is 10.4.